The third kappa shape index (κ3) is 3.69. The van der Waals surface area contributed by atoms with Gasteiger partial charge in [-0.05, 0) is 54.2 Å². The van der Waals surface area contributed by atoms with Crippen molar-refractivity contribution in [2.75, 3.05) is 0 Å². The van der Waals surface area contributed by atoms with Crippen LogP contribution in [0.3, 0.4) is 0 Å². The maximum absolute atomic E-state index is 10.7. The molecule has 2 aromatic carbocycles. The zero-order valence-electron chi connectivity index (χ0n) is 14.5. The lowest BCUT2D eigenvalue weighted by molar-refractivity contribution is -0.136. The average molecular weight is 347 g/mol. The number of nitrogens with zero attached hydrogens (tertiary/aromatic N) is 1. The van der Waals surface area contributed by atoms with Gasteiger partial charge in [-0.1, -0.05) is 36.4 Å². The van der Waals surface area contributed by atoms with E-state index in [0.29, 0.717) is 18.4 Å². The molecule has 0 saturated heterocycles. The maximum Gasteiger partial charge on any atom is 0.303 e. The Bertz CT molecular complexity index is 947. The zero-order valence-corrected chi connectivity index (χ0v) is 14.5. The number of aryl methyl sites for hydroxylation is 1. The Labute approximate surface area is 152 Å². The Hall–Kier alpha value is -2.88. The number of aliphatic carboxylic acids is 1. The van der Waals surface area contributed by atoms with E-state index in [1.807, 2.05) is 30.3 Å². The molecular weight excluding hydrogens is 326 g/mol. The summed E-state index contributed by atoms with van der Waals surface area (Å²) in [6.45, 7) is 0. The van der Waals surface area contributed by atoms with E-state index in [0.717, 1.165) is 40.4 Å². The van der Waals surface area contributed by atoms with Gasteiger partial charge in [-0.3, -0.25) is 4.79 Å². The number of pyridine rings is 1. The number of hydrogen-bond donors (Lipinski definition) is 1. The molecule has 26 heavy (non-hydrogen) atoms. The number of benzene rings is 2. The predicted molar refractivity (Wildman–Crippen MR) is 101 cm³/mol. The van der Waals surface area contributed by atoms with Crippen LogP contribution >= 0.6 is 0 Å². The molecule has 1 heterocycles. The van der Waals surface area contributed by atoms with E-state index in [1.54, 1.807) is 0 Å². The number of hydrogen-bond acceptors (Lipinski definition) is 3. The van der Waals surface area contributed by atoms with Gasteiger partial charge in [-0.25, -0.2) is 4.98 Å². The summed E-state index contributed by atoms with van der Waals surface area (Å²) in [7, 11) is 0. The van der Waals surface area contributed by atoms with Crippen molar-refractivity contribution in [3.05, 3.63) is 60.2 Å². The summed E-state index contributed by atoms with van der Waals surface area (Å²) in [4.78, 5) is 15.4. The first-order valence-corrected chi connectivity index (χ1v) is 9.06. The fourth-order valence-corrected chi connectivity index (χ4v) is 3.16. The molecule has 1 aromatic heterocycles. The predicted octanol–water partition coefficient (Wildman–Crippen LogP) is 4.85. The summed E-state index contributed by atoms with van der Waals surface area (Å²) in [5.74, 6) is -0.0770. The Morgan fingerprint density at radius 1 is 1.08 bits per heavy atom. The molecule has 1 fully saturated rings. The molecule has 4 nitrogen and oxygen atoms in total. The van der Waals surface area contributed by atoms with Gasteiger partial charge in [0.2, 0.25) is 5.88 Å². The van der Waals surface area contributed by atoms with E-state index in [-0.39, 0.29) is 6.42 Å². The molecule has 0 amide bonds. The van der Waals surface area contributed by atoms with Crippen LogP contribution in [0.4, 0.5) is 0 Å². The Morgan fingerprint density at radius 3 is 2.65 bits per heavy atom. The summed E-state index contributed by atoms with van der Waals surface area (Å²) in [6, 6.07) is 18.2. The van der Waals surface area contributed by atoms with E-state index in [2.05, 4.69) is 29.2 Å². The molecule has 3 aromatic rings. The second-order valence-electron chi connectivity index (χ2n) is 6.82. The van der Waals surface area contributed by atoms with Crippen LogP contribution in [0.25, 0.3) is 22.0 Å². The Kier molecular flexibility index (Phi) is 4.57. The van der Waals surface area contributed by atoms with Crippen LogP contribution in [0, 0.1) is 0 Å². The van der Waals surface area contributed by atoms with Crippen LogP contribution in [-0.4, -0.2) is 22.2 Å². The first kappa shape index (κ1) is 16.6. The quantitative estimate of drug-likeness (QED) is 0.692. The molecular formula is C22H21NO3. The lowest BCUT2D eigenvalue weighted by Crippen LogP contribution is -2.24. The third-order valence-electron chi connectivity index (χ3n) is 4.89. The second kappa shape index (κ2) is 7.16. The number of carbonyl (C=O) groups is 1. The van der Waals surface area contributed by atoms with E-state index < -0.39 is 5.97 Å². The van der Waals surface area contributed by atoms with Crippen LogP contribution in [0.1, 0.15) is 31.2 Å². The van der Waals surface area contributed by atoms with Crippen molar-refractivity contribution in [1.29, 1.82) is 0 Å². The topological polar surface area (TPSA) is 59.4 Å². The van der Waals surface area contributed by atoms with Crippen molar-refractivity contribution in [1.82, 2.24) is 4.98 Å². The van der Waals surface area contributed by atoms with Gasteiger partial charge in [0.15, 0.2) is 0 Å². The molecule has 132 valence electrons. The standard InChI is InChI=1S/C22H21NO3/c24-22(25)12-8-15-7-9-17-14-18(11-10-16(17)13-15)20-5-2-6-21(23-20)26-19-3-1-4-19/h2,5-7,9-11,13-14,19H,1,3-4,8,12H2,(H,24,25). The molecule has 4 rings (SSSR count). The van der Waals surface area contributed by atoms with Crippen LogP contribution in [0.15, 0.2) is 54.6 Å². The first-order chi connectivity index (χ1) is 12.7. The highest BCUT2D eigenvalue weighted by Gasteiger charge is 2.19. The normalized spacial score (nSPS) is 14.2. The molecule has 0 unspecified atom stereocenters. The maximum atomic E-state index is 10.7. The molecule has 0 bridgehead atoms. The van der Waals surface area contributed by atoms with Crippen molar-refractivity contribution in [3.8, 4) is 17.1 Å². The number of carboxylic acid groups (broad SMARTS) is 1. The molecule has 4 heteroatoms. The molecule has 0 spiro atoms. The number of fused-ring (bicyclic) bond motifs is 1. The minimum atomic E-state index is -0.768. The fourth-order valence-electron chi connectivity index (χ4n) is 3.16. The van der Waals surface area contributed by atoms with Gasteiger partial charge in [-0.2, -0.15) is 0 Å². The molecule has 1 aliphatic carbocycles. The van der Waals surface area contributed by atoms with E-state index in [1.165, 1.54) is 6.42 Å². The highest BCUT2D eigenvalue weighted by Crippen LogP contribution is 2.28. The fraction of sp³-hybridized carbons (Fsp3) is 0.273. The minimum Gasteiger partial charge on any atom is -0.481 e. The summed E-state index contributed by atoms with van der Waals surface area (Å²) >= 11 is 0. The summed E-state index contributed by atoms with van der Waals surface area (Å²) in [5, 5.41) is 11.1. The minimum absolute atomic E-state index is 0.154. The smallest absolute Gasteiger partial charge is 0.303 e. The highest BCUT2D eigenvalue weighted by atomic mass is 16.5. The Balaban J connectivity index is 1.57. The number of carboxylic acids is 1. The number of aromatic nitrogens is 1. The summed E-state index contributed by atoms with van der Waals surface area (Å²) in [6.07, 6.45) is 4.50. The van der Waals surface area contributed by atoms with Gasteiger partial charge in [0.1, 0.15) is 6.10 Å². The van der Waals surface area contributed by atoms with Gasteiger partial charge in [0.25, 0.3) is 0 Å². The van der Waals surface area contributed by atoms with Gasteiger partial charge in [0, 0.05) is 18.1 Å². The summed E-state index contributed by atoms with van der Waals surface area (Å²) < 4.78 is 5.90. The van der Waals surface area contributed by atoms with Crippen molar-refractivity contribution < 1.29 is 14.6 Å². The number of ether oxygens (including phenoxy) is 1. The highest BCUT2D eigenvalue weighted by molar-refractivity contribution is 5.87. The lowest BCUT2D eigenvalue weighted by atomic mass is 9.96. The second-order valence-corrected chi connectivity index (χ2v) is 6.82. The molecule has 1 N–H and O–H groups in total. The van der Waals surface area contributed by atoms with Gasteiger partial charge < -0.3 is 9.84 Å². The van der Waals surface area contributed by atoms with Crippen LogP contribution < -0.4 is 4.74 Å². The number of rotatable bonds is 6. The lowest BCUT2D eigenvalue weighted by Gasteiger charge is -2.25. The van der Waals surface area contributed by atoms with Crippen LogP contribution in [0.2, 0.25) is 0 Å². The monoisotopic (exact) mass is 347 g/mol. The summed E-state index contributed by atoms with van der Waals surface area (Å²) in [5.41, 5.74) is 3.00. The van der Waals surface area contributed by atoms with E-state index in [4.69, 9.17) is 9.84 Å². The average Bonchev–Trinajstić information content (AvgIpc) is 2.63. The first-order valence-electron chi connectivity index (χ1n) is 9.06. The largest absolute Gasteiger partial charge is 0.481 e. The SMILES string of the molecule is O=C(O)CCc1ccc2cc(-c3cccc(OC4CCC4)n3)ccc2c1. The van der Waals surface area contributed by atoms with Gasteiger partial charge in [0.05, 0.1) is 5.69 Å². The van der Waals surface area contributed by atoms with E-state index >= 15 is 0 Å². The van der Waals surface area contributed by atoms with Gasteiger partial charge in [-0.15, -0.1) is 0 Å². The Morgan fingerprint density at radius 2 is 1.88 bits per heavy atom. The molecule has 1 aliphatic rings. The van der Waals surface area contributed by atoms with E-state index in [9.17, 15) is 4.79 Å². The third-order valence-corrected chi connectivity index (χ3v) is 4.89. The van der Waals surface area contributed by atoms with Crippen LogP contribution in [-0.2, 0) is 11.2 Å². The molecule has 0 radical (unpaired) electrons. The zero-order chi connectivity index (χ0) is 17.9. The van der Waals surface area contributed by atoms with Crippen molar-refractivity contribution in [2.24, 2.45) is 0 Å². The van der Waals surface area contributed by atoms with Gasteiger partial charge >= 0.3 is 5.97 Å². The van der Waals surface area contributed by atoms with Crippen LogP contribution in [0.5, 0.6) is 5.88 Å². The molecule has 1 saturated carbocycles. The molecule has 0 aliphatic heterocycles. The van der Waals surface area contributed by atoms with Crippen molar-refractivity contribution in [3.63, 3.8) is 0 Å². The van der Waals surface area contributed by atoms with Crippen molar-refractivity contribution >= 4 is 16.7 Å². The van der Waals surface area contributed by atoms with Crippen molar-refractivity contribution in [2.45, 2.75) is 38.2 Å². The molecule has 0 atom stereocenters.